The van der Waals surface area contributed by atoms with Crippen molar-refractivity contribution in [2.45, 2.75) is 38.8 Å². The summed E-state index contributed by atoms with van der Waals surface area (Å²) in [5.74, 6) is 1.43. The van der Waals surface area contributed by atoms with Crippen LogP contribution in [0.4, 0.5) is 0 Å². The number of ether oxygens (including phenoxy) is 2. The molecule has 0 spiro atoms. The van der Waals surface area contributed by atoms with Gasteiger partial charge in [-0.2, -0.15) is 0 Å². The molecule has 0 heterocycles. The first-order chi connectivity index (χ1) is 8.53. The summed E-state index contributed by atoms with van der Waals surface area (Å²) in [6.45, 7) is 3.87. The Hall–Kier alpha value is -1.26. The number of methoxy groups -OCH3 is 2. The van der Waals surface area contributed by atoms with Gasteiger partial charge in [-0.05, 0) is 37.5 Å². The van der Waals surface area contributed by atoms with Crippen molar-refractivity contribution in [3.63, 3.8) is 0 Å². The summed E-state index contributed by atoms with van der Waals surface area (Å²) in [7, 11) is 3.22. The van der Waals surface area contributed by atoms with E-state index in [-0.39, 0.29) is 6.04 Å². The van der Waals surface area contributed by atoms with Crippen molar-refractivity contribution < 1.29 is 14.6 Å². The standard InChI is InChI=1S/C14H23NO3/c1-5-12(16)11-8-13(17-3)10(6-9(2)15)7-14(11)18-4/h7-9,12,16H,5-6,15H2,1-4H3. The molecule has 0 aliphatic heterocycles. The van der Waals surface area contributed by atoms with Crippen LogP contribution in [-0.2, 0) is 6.42 Å². The Kier molecular flexibility index (Phi) is 5.44. The van der Waals surface area contributed by atoms with E-state index < -0.39 is 6.10 Å². The number of hydrogen-bond acceptors (Lipinski definition) is 4. The quantitative estimate of drug-likeness (QED) is 0.814. The number of nitrogens with two attached hydrogens (primary N) is 1. The highest BCUT2D eigenvalue weighted by Gasteiger charge is 2.16. The van der Waals surface area contributed by atoms with Crippen LogP contribution in [0.15, 0.2) is 12.1 Å². The summed E-state index contributed by atoms with van der Waals surface area (Å²) >= 11 is 0. The largest absolute Gasteiger partial charge is 0.496 e. The molecule has 0 amide bonds. The summed E-state index contributed by atoms with van der Waals surface area (Å²) in [6, 6.07) is 3.78. The topological polar surface area (TPSA) is 64.7 Å². The number of benzene rings is 1. The minimum absolute atomic E-state index is 0.0468. The Balaban J connectivity index is 3.23. The van der Waals surface area contributed by atoms with Gasteiger partial charge >= 0.3 is 0 Å². The SMILES string of the molecule is CCC(O)c1cc(OC)c(CC(C)N)cc1OC. The van der Waals surface area contributed by atoms with Gasteiger partial charge in [0, 0.05) is 11.6 Å². The van der Waals surface area contributed by atoms with Gasteiger partial charge in [-0.25, -0.2) is 0 Å². The number of hydrogen-bond donors (Lipinski definition) is 2. The number of aliphatic hydroxyl groups excluding tert-OH is 1. The maximum atomic E-state index is 9.97. The van der Waals surface area contributed by atoms with E-state index in [1.54, 1.807) is 14.2 Å². The number of rotatable bonds is 6. The van der Waals surface area contributed by atoms with Crippen molar-refractivity contribution in [2.24, 2.45) is 5.73 Å². The predicted molar refractivity (Wildman–Crippen MR) is 72.2 cm³/mol. The molecule has 1 aromatic carbocycles. The Labute approximate surface area is 109 Å². The maximum absolute atomic E-state index is 9.97. The van der Waals surface area contributed by atoms with Crippen LogP contribution in [0.1, 0.15) is 37.5 Å². The van der Waals surface area contributed by atoms with Crippen LogP contribution in [0.3, 0.4) is 0 Å². The van der Waals surface area contributed by atoms with Gasteiger partial charge < -0.3 is 20.3 Å². The molecule has 0 saturated heterocycles. The lowest BCUT2D eigenvalue weighted by atomic mass is 9.99. The third-order valence-corrected chi connectivity index (χ3v) is 2.92. The average molecular weight is 253 g/mol. The second-order valence-corrected chi connectivity index (χ2v) is 4.51. The molecule has 18 heavy (non-hydrogen) atoms. The Morgan fingerprint density at radius 3 is 2.28 bits per heavy atom. The molecule has 0 radical (unpaired) electrons. The fourth-order valence-corrected chi connectivity index (χ4v) is 1.97. The molecular weight excluding hydrogens is 230 g/mol. The zero-order valence-electron chi connectivity index (χ0n) is 11.6. The molecule has 0 fully saturated rings. The molecule has 4 nitrogen and oxygen atoms in total. The predicted octanol–water partition coefficient (Wildman–Crippen LogP) is 2.04. The van der Waals surface area contributed by atoms with E-state index >= 15 is 0 Å². The Morgan fingerprint density at radius 1 is 1.22 bits per heavy atom. The molecule has 2 atom stereocenters. The second-order valence-electron chi connectivity index (χ2n) is 4.51. The summed E-state index contributed by atoms with van der Waals surface area (Å²) in [4.78, 5) is 0. The smallest absolute Gasteiger partial charge is 0.125 e. The van der Waals surface area contributed by atoms with Crippen molar-refractivity contribution in [3.05, 3.63) is 23.3 Å². The molecular formula is C14H23NO3. The molecule has 4 heteroatoms. The molecule has 2 unspecified atom stereocenters. The summed E-state index contributed by atoms with van der Waals surface area (Å²) in [6.07, 6.45) is 0.798. The van der Waals surface area contributed by atoms with Crippen LogP contribution in [0.2, 0.25) is 0 Å². The van der Waals surface area contributed by atoms with Gasteiger partial charge in [0.1, 0.15) is 11.5 Å². The van der Waals surface area contributed by atoms with Crippen LogP contribution < -0.4 is 15.2 Å². The maximum Gasteiger partial charge on any atom is 0.125 e. The van der Waals surface area contributed by atoms with E-state index in [0.717, 1.165) is 16.9 Å². The van der Waals surface area contributed by atoms with Crippen LogP contribution in [0, 0.1) is 0 Å². The average Bonchev–Trinajstić information content (AvgIpc) is 2.36. The number of aliphatic hydroxyl groups is 1. The molecule has 1 rings (SSSR count). The fraction of sp³-hybridized carbons (Fsp3) is 0.571. The zero-order valence-corrected chi connectivity index (χ0v) is 11.6. The van der Waals surface area contributed by atoms with Gasteiger partial charge in [0.05, 0.1) is 20.3 Å². The normalized spacial score (nSPS) is 14.1. The molecule has 0 saturated carbocycles. The van der Waals surface area contributed by atoms with Crippen molar-refractivity contribution in [2.75, 3.05) is 14.2 Å². The molecule has 0 aromatic heterocycles. The highest BCUT2D eigenvalue weighted by molar-refractivity contribution is 5.47. The third kappa shape index (κ3) is 3.37. The molecule has 0 aliphatic rings. The lowest BCUT2D eigenvalue weighted by Gasteiger charge is -2.18. The van der Waals surface area contributed by atoms with Crippen molar-refractivity contribution in [3.8, 4) is 11.5 Å². The van der Waals surface area contributed by atoms with Crippen molar-refractivity contribution in [1.29, 1.82) is 0 Å². The minimum Gasteiger partial charge on any atom is -0.496 e. The van der Waals surface area contributed by atoms with E-state index in [9.17, 15) is 5.11 Å². The summed E-state index contributed by atoms with van der Waals surface area (Å²) < 4.78 is 10.7. The van der Waals surface area contributed by atoms with E-state index in [1.165, 1.54) is 0 Å². The first-order valence-corrected chi connectivity index (χ1v) is 6.21. The fourth-order valence-electron chi connectivity index (χ4n) is 1.97. The molecule has 102 valence electrons. The van der Waals surface area contributed by atoms with E-state index in [0.29, 0.717) is 18.6 Å². The molecule has 0 bridgehead atoms. The van der Waals surface area contributed by atoms with Gasteiger partial charge in [0.25, 0.3) is 0 Å². The zero-order chi connectivity index (χ0) is 13.7. The Bertz CT molecular complexity index is 391. The van der Waals surface area contributed by atoms with Gasteiger partial charge in [-0.15, -0.1) is 0 Å². The first-order valence-electron chi connectivity index (χ1n) is 6.21. The molecule has 1 aromatic rings. The van der Waals surface area contributed by atoms with E-state index in [4.69, 9.17) is 15.2 Å². The first kappa shape index (κ1) is 14.8. The third-order valence-electron chi connectivity index (χ3n) is 2.92. The monoisotopic (exact) mass is 253 g/mol. The van der Waals surface area contributed by atoms with Gasteiger partial charge in [-0.1, -0.05) is 6.92 Å². The minimum atomic E-state index is -0.543. The summed E-state index contributed by atoms with van der Waals surface area (Å²) in [5, 5.41) is 9.97. The van der Waals surface area contributed by atoms with Crippen LogP contribution in [-0.4, -0.2) is 25.4 Å². The van der Waals surface area contributed by atoms with Crippen molar-refractivity contribution in [1.82, 2.24) is 0 Å². The lowest BCUT2D eigenvalue weighted by molar-refractivity contribution is 0.169. The van der Waals surface area contributed by atoms with Crippen LogP contribution in [0.5, 0.6) is 11.5 Å². The van der Waals surface area contributed by atoms with Crippen LogP contribution >= 0.6 is 0 Å². The van der Waals surface area contributed by atoms with Gasteiger partial charge in [0.15, 0.2) is 0 Å². The lowest BCUT2D eigenvalue weighted by Crippen LogP contribution is -2.18. The van der Waals surface area contributed by atoms with Gasteiger partial charge in [0.2, 0.25) is 0 Å². The van der Waals surface area contributed by atoms with E-state index in [1.807, 2.05) is 26.0 Å². The van der Waals surface area contributed by atoms with E-state index in [2.05, 4.69) is 0 Å². The highest BCUT2D eigenvalue weighted by atomic mass is 16.5. The molecule has 3 N–H and O–H groups in total. The highest BCUT2D eigenvalue weighted by Crippen LogP contribution is 2.34. The second kappa shape index (κ2) is 6.61. The van der Waals surface area contributed by atoms with Crippen molar-refractivity contribution >= 4 is 0 Å². The Morgan fingerprint density at radius 2 is 1.83 bits per heavy atom. The van der Waals surface area contributed by atoms with Gasteiger partial charge in [-0.3, -0.25) is 0 Å². The molecule has 0 aliphatic carbocycles. The van der Waals surface area contributed by atoms with Crippen LogP contribution in [0.25, 0.3) is 0 Å². The summed E-state index contributed by atoms with van der Waals surface area (Å²) in [5.41, 5.74) is 7.57.